The fourth-order valence-electron chi connectivity index (χ4n) is 1.99. The van der Waals surface area contributed by atoms with Crippen LogP contribution in [0.5, 0.6) is 0 Å². The molecule has 21 heavy (non-hydrogen) atoms. The molecule has 0 saturated carbocycles. The second kappa shape index (κ2) is 6.72. The van der Waals surface area contributed by atoms with Crippen molar-refractivity contribution in [2.45, 2.75) is 24.5 Å². The van der Waals surface area contributed by atoms with E-state index in [1.807, 2.05) is 32.0 Å². The number of rotatable bonds is 4. The van der Waals surface area contributed by atoms with E-state index < -0.39 is 5.76 Å². The van der Waals surface area contributed by atoms with Crippen molar-refractivity contribution < 1.29 is 13.6 Å². The van der Waals surface area contributed by atoms with Crippen LogP contribution in [0, 0.1) is 13.8 Å². The van der Waals surface area contributed by atoms with E-state index in [2.05, 4.69) is 5.32 Å². The molecule has 0 aliphatic heterocycles. The van der Waals surface area contributed by atoms with Crippen LogP contribution in [0.3, 0.4) is 0 Å². The van der Waals surface area contributed by atoms with Gasteiger partial charge in [-0.1, -0.05) is 30.0 Å². The molecule has 0 radical (unpaired) electrons. The predicted molar refractivity (Wildman–Crippen MR) is 82.2 cm³/mol. The Balaban J connectivity index is 2.13. The molecule has 0 atom stereocenters. The fraction of sp³-hybridized carbons (Fsp3) is 0.188. The molecule has 0 unspecified atom stereocenters. The summed E-state index contributed by atoms with van der Waals surface area (Å²) in [6, 6.07) is 11.9. The quantitative estimate of drug-likeness (QED) is 0.816. The highest BCUT2D eigenvalue weighted by molar-refractivity contribution is 7.99. The molecule has 2 rings (SSSR count). The molecule has 0 heterocycles. The van der Waals surface area contributed by atoms with Crippen LogP contribution in [0.4, 0.5) is 14.5 Å². The van der Waals surface area contributed by atoms with Gasteiger partial charge in [0.2, 0.25) is 0 Å². The highest BCUT2D eigenvalue weighted by Crippen LogP contribution is 2.25. The summed E-state index contributed by atoms with van der Waals surface area (Å²) in [5, 5.41) is 2.86. The van der Waals surface area contributed by atoms with E-state index >= 15 is 0 Å². The van der Waals surface area contributed by atoms with Gasteiger partial charge in [-0.3, -0.25) is 4.79 Å². The molecule has 2 aromatic rings. The largest absolute Gasteiger partial charge is 0.322 e. The number of thioether (sulfide) groups is 1. The first-order valence-corrected chi connectivity index (χ1v) is 7.28. The second-order valence-corrected chi connectivity index (χ2v) is 5.69. The molecule has 0 aromatic heterocycles. The zero-order valence-electron chi connectivity index (χ0n) is 11.7. The molecule has 0 saturated heterocycles. The number of amides is 1. The van der Waals surface area contributed by atoms with Gasteiger partial charge in [-0.2, -0.15) is 8.78 Å². The minimum atomic E-state index is -2.46. The van der Waals surface area contributed by atoms with Crippen LogP contribution in [0.1, 0.15) is 21.5 Å². The van der Waals surface area contributed by atoms with Gasteiger partial charge in [-0.15, -0.1) is 0 Å². The molecule has 2 aromatic carbocycles. The van der Waals surface area contributed by atoms with Crippen LogP contribution in [0.15, 0.2) is 47.4 Å². The minimum absolute atomic E-state index is 0.249. The Hall–Kier alpha value is -1.88. The van der Waals surface area contributed by atoms with Crippen molar-refractivity contribution in [1.29, 1.82) is 0 Å². The predicted octanol–water partition coefficient (Wildman–Crippen LogP) is 4.87. The Morgan fingerprint density at radius 1 is 1.05 bits per heavy atom. The third-order valence-corrected chi connectivity index (χ3v) is 3.78. The first kappa shape index (κ1) is 15.5. The lowest BCUT2D eigenvalue weighted by Crippen LogP contribution is -2.13. The number of carbonyl (C=O) groups excluding carboxylic acids is 1. The van der Waals surface area contributed by atoms with Gasteiger partial charge >= 0.3 is 0 Å². The number of aryl methyl sites for hydroxylation is 2. The van der Waals surface area contributed by atoms with E-state index in [1.54, 1.807) is 12.1 Å². The SMILES string of the molecule is Cc1cccc(C)c1NC(=O)c1ccc(SC(F)F)cc1. The molecular weight excluding hydrogens is 292 g/mol. The molecule has 2 nitrogen and oxygen atoms in total. The molecule has 0 bridgehead atoms. The number of benzene rings is 2. The molecular formula is C16H15F2NOS. The fourth-order valence-corrected chi connectivity index (χ4v) is 2.48. The molecule has 0 spiro atoms. The molecule has 0 aliphatic carbocycles. The van der Waals surface area contributed by atoms with Crippen molar-refractivity contribution in [3.8, 4) is 0 Å². The smallest absolute Gasteiger partial charge is 0.288 e. The first-order valence-electron chi connectivity index (χ1n) is 6.40. The van der Waals surface area contributed by atoms with Gasteiger partial charge in [0, 0.05) is 16.1 Å². The van der Waals surface area contributed by atoms with Crippen LogP contribution in [0.25, 0.3) is 0 Å². The lowest BCUT2D eigenvalue weighted by molar-refractivity contribution is 0.102. The summed E-state index contributed by atoms with van der Waals surface area (Å²) in [5.41, 5.74) is 3.19. The molecule has 110 valence electrons. The lowest BCUT2D eigenvalue weighted by atomic mass is 10.1. The van der Waals surface area contributed by atoms with Crippen LogP contribution in [-0.4, -0.2) is 11.7 Å². The lowest BCUT2D eigenvalue weighted by Gasteiger charge is -2.11. The highest BCUT2D eigenvalue weighted by atomic mass is 32.2. The first-order chi connectivity index (χ1) is 9.97. The van der Waals surface area contributed by atoms with E-state index in [9.17, 15) is 13.6 Å². The summed E-state index contributed by atoms with van der Waals surface area (Å²) in [6.45, 7) is 3.84. The number of anilines is 1. The van der Waals surface area contributed by atoms with Crippen molar-refractivity contribution in [2.75, 3.05) is 5.32 Å². The number of hydrogen-bond donors (Lipinski definition) is 1. The zero-order chi connectivity index (χ0) is 15.4. The summed E-state index contributed by atoms with van der Waals surface area (Å²) in [6.07, 6.45) is 0. The normalized spacial score (nSPS) is 10.7. The number of para-hydroxylation sites is 1. The molecule has 5 heteroatoms. The number of halogens is 2. The second-order valence-electron chi connectivity index (χ2n) is 4.62. The molecule has 0 aliphatic rings. The van der Waals surface area contributed by atoms with Crippen LogP contribution in [0.2, 0.25) is 0 Å². The Morgan fingerprint density at radius 2 is 1.62 bits per heavy atom. The standard InChI is InChI=1S/C16H15F2NOS/c1-10-4-3-5-11(2)14(10)19-15(20)12-6-8-13(9-7-12)21-16(17)18/h3-9,16H,1-2H3,(H,19,20). The minimum Gasteiger partial charge on any atom is -0.322 e. The van der Waals surface area contributed by atoms with Crippen LogP contribution in [-0.2, 0) is 0 Å². The van der Waals surface area contributed by atoms with E-state index in [0.717, 1.165) is 16.8 Å². The average molecular weight is 307 g/mol. The van der Waals surface area contributed by atoms with Crippen molar-refractivity contribution in [3.05, 3.63) is 59.2 Å². The third-order valence-electron chi connectivity index (χ3n) is 3.06. The van der Waals surface area contributed by atoms with Gasteiger partial charge in [0.1, 0.15) is 0 Å². The van der Waals surface area contributed by atoms with E-state index in [-0.39, 0.29) is 5.91 Å². The Morgan fingerprint density at radius 3 is 2.14 bits per heavy atom. The summed E-state index contributed by atoms with van der Waals surface area (Å²) >= 11 is 0.463. The van der Waals surface area contributed by atoms with Gasteiger partial charge in [-0.05, 0) is 49.2 Å². The van der Waals surface area contributed by atoms with Crippen molar-refractivity contribution in [1.82, 2.24) is 0 Å². The van der Waals surface area contributed by atoms with Crippen LogP contribution >= 0.6 is 11.8 Å². The van der Waals surface area contributed by atoms with Gasteiger partial charge in [0.25, 0.3) is 11.7 Å². The Labute approximate surface area is 126 Å². The molecule has 0 fully saturated rings. The van der Waals surface area contributed by atoms with Gasteiger partial charge in [0.05, 0.1) is 0 Å². The summed E-state index contributed by atoms with van der Waals surface area (Å²) in [7, 11) is 0. The maximum atomic E-state index is 12.2. The maximum absolute atomic E-state index is 12.2. The Kier molecular flexibility index (Phi) is 4.96. The topological polar surface area (TPSA) is 29.1 Å². The maximum Gasteiger partial charge on any atom is 0.288 e. The monoisotopic (exact) mass is 307 g/mol. The number of alkyl halides is 2. The number of carbonyl (C=O) groups is 1. The number of nitrogens with one attached hydrogen (secondary N) is 1. The van der Waals surface area contributed by atoms with E-state index in [0.29, 0.717) is 22.2 Å². The van der Waals surface area contributed by atoms with Gasteiger partial charge in [0.15, 0.2) is 0 Å². The van der Waals surface area contributed by atoms with Crippen molar-refractivity contribution in [3.63, 3.8) is 0 Å². The third kappa shape index (κ3) is 4.04. The van der Waals surface area contributed by atoms with Crippen molar-refractivity contribution >= 4 is 23.4 Å². The highest BCUT2D eigenvalue weighted by Gasteiger charge is 2.10. The molecule has 1 N–H and O–H groups in total. The van der Waals surface area contributed by atoms with Gasteiger partial charge in [-0.25, -0.2) is 0 Å². The van der Waals surface area contributed by atoms with E-state index in [1.165, 1.54) is 12.1 Å². The average Bonchev–Trinajstić information content (AvgIpc) is 2.43. The zero-order valence-corrected chi connectivity index (χ0v) is 12.5. The van der Waals surface area contributed by atoms with Crippen LogP contribution < -0.4 is 5.32 Å². The number of hydrogen-bond acceptors (Lipinski definition) is 2. The Bertz CT molecular complexity index is 621. The molecule has 1 amide bonds. The summed E-state index contributed by atoms with van der Waals surface area (Å²) in [4.78, 5) is 12.6. The van der Waals surface area contributed by atoms with E-state index in [4.69, 9.17) is 0 Å². The summed E-state index contributed by atoms with van der Waals surface area (Å²) in [5.74, 6) is -2.71. The van der Waals surface area contributed by atoms with Crippen molar-refractivity contribution in [2.24, 2.45) is 0 Å². The summed E-state index contributed by atoms with van der Waals surface area (Å²) < 4.78 is 24.5. The van der Waals surface area contributed by atoms with Gasteiger partial charge < -0.3 is 5.32 Å².